The summed E-state index contributed by atoms with van der Waals surface area (Å²) in [5.41, 5.74) is 4.90. The fourth-order valence-corrected chi connectivity index (χ4v) is 4.37. The second kappa shape index (κ2) is 11.5. The second-order valence-electron chi connectivity index (χ2n) is 8.00. The summed E-state index contributed by atoms with van der Waals surface area (Å²) in [6.07, 6.45) is 3.65. The molecule has 9 heteroatoms. The molecule has 0 N–H and O–H groups in total. The molecule has 184 valence electrons. The van der Waals surface area contributed by atoms with Crippen molar-refractivity contribution in [1.29, 1.82) is 0 Å². The van der Waals surface area contributed by atoms with Crippen molar-refractivity contribution in [3.63, 3.8) is 0 Å². The normalized spacial score (nSPS) is 11.7. The zero-order valence-corrected chi connectivity index (χ0v) is 21.7. The number of carbonyl (C=O) groups excluding carboxylic acids is 1. The molecule has 1 atom stereocenters. The molecule has 2 aromatic heterocycles. The highest BCUT2D eigenvalue weighted by molar-refractivity contribution is 14.1. The summed E-state index contributed by atoms with van der Waals surface area (Å²) in [5, 5.41) is 4.26. The molecular weight excluding hydrogens is 579 g/mol. The Morgan fingerprint density at radius 3 is 2.56 bits per heavy atom. The number of aromatic nitrogens is 3. The predicted octanol–water partition coefficient (Wildman–Crippen LogP) is 6.34. The smallest absolute Gasteiger partial charge is 0.387 e. The van der Waals surface area contributed by atoms with Gasteiger partial charge in [-0.15, -0.1) is 5.92 Å². The first-order valence-corrected chi connectivity index (χ1v) is 12.1. The van der Waals surface area contributed by atoms with Gasteiger partial charge in [0.25, 0.3) is 0 Å². The van der Waals surface area contributed by atoms with Crippen LogP contribution in [0.1, 0.15) is 36.0 Å². The quantitative estimate of drug-likeness (QED) is 0.127. The Morgan fingerprint density at radius 1 is 1.14 bits per heavy atom. The van der Waals surface area contributed by atoms with E-state index < -0.39 is 6.61 Å². The molecule has 0 aliphatic carbocycles. The van der Waals surface area contributed by atoms with E-state index in [9.17, 15) is 13.6 Å². The van der Waals surface area contributed by atoms with Crippen LogP contribution < -0.4 is 9.47 Å². The number of nitrogens with zero attached hydrogens (tertiary/aromatic N) is 3. The summed E-state index contributed by atoms with van der Waals surface area (Å²) in [7, 11) is 0. The number of rotatable bonds is 9. The summed E-state index contributed by atoms with van der Waals surface area (Å²) >= 11 is 1.79. The molecule has 0 unspecified atom stereocenters. The Kier molecular flexibility index (Phi) is 8.15. The van der Waals surface area contributed by atoms with Crippen molar-refractivity contribution >= 4 is 32.0 Å². The standard InChI is InChI=1S/C27H22F2IN3O3/c1-3-4-19(13-25(30)34)18-5-7-22(8-6-18)35-15-21-12-20(14-33-26(21)31-16-32-33)24-10-9-23(11-17(24)2)36-27(28)29/h5-12,14,16,19,27H,13,15H2,1-2H3/t19-/m0/s1. The van der Waals surface area contributed by atoms with Crippen molar-refractivity contribution in [3.8, 4) is 34.5 Å². The van der Waals surface area contributed by atoms with Crippen LogP contribution in [-0.4, -0.2) is 25.0 Å². The lowest BCUT2D eigenvalue weighted by Crippen LogP contribution is -2.03. The molecule has 2 heterocycles. The first-order valence-electron chi connectivity index (χ1n) is 11.1. The molecule has 36 heavy (non-hydrogen) atoms. The maximum absolute atomic E-state index is 12.6. The molecule has 0 bridgehead atoms. The third-order valence-corrected chi connectivity index (χ3v) is 5.99. The Labute approximate surface area is 220 Å². The number of benzene rings is 2. The van der Waals surface area contributed by atoms with Gasteiger partial charge < -0.3 is 9.47 Å². The zero-order chi connectivity index (χ0) is 25.7. The van der Waals surface area contributed by atoms with E-state index >= 15 is 0 Å². The van der Waals surface area contributed by atoms with E-state index in [0.717, 1.165) is 27.8 Å². The van der Waals surface area contributed by atoms with Crippen LogP contribution >= 0.6 is 22.6 Å². The topological polar surface area (TPSA) is 65.7 Å². The second-order valence-corrected chi connectivity index (χ2v) is 9.20. The van der Waals surface area contributed by atoms with Gasteiger partial charge in [0.2, 0.25) is 0 Å². The molecule has 6 nitrogen and oxygen atoms in total. The maximum Gasteiger partial charge on any atom is 0.387 e. The van der Waals surface area contributed by atoms with Crippen LogP contribution in [0, 0.1) is 18.8 Å². The molecule has 0 aliphatic heterocycles. The van der Waals surface area contributed by atoms with E-state index in [1.165, 1.54) is 12.4 Å². The van der Waals surface area contributed by atoms with Crippen molar-refractivity contribution < 1.29 is 23.0 Å². The molecule has 4 rings (SSSR count). The number of fused-ring (bicyclic) bond motifs is 1. The summed E-state index contributed by atoms with van der Waals surface area (Å²) in [5.74, 6) is 6.59. The summed E-state index contributed by atoms with van der Waals surface area (Å²) in [6, 6.07) is 14.3. The van der Waals surface area contributed by atoms with Crippen molar-refractivity contribution in [2.45, 2.75) is 39.4 Å². The molecule has 0 spiro atoms. The number of hydrogen-bond acceptors (Lipinski definition) is 5. The Morgan fingerprint density at radius 2 is 1.89 bits per heavy atom. The minimum atomic E-state index is -2.88. The highest BCUT2D eigenvalue weighted by Crippen LogP contribution is 2.30. The van der Waals surface area contributed by atoms with Crippen molar-refractivity contribution in [2.24, 2.45) is 0 Å². The largest absolute Gasteiger partial charge is 0.489 e. The lowest BCUT2D eigenvalue weighted by atomic mass is 9.97. The average molecular weight is 601 g/mol. The molecular formula is C27H22F2IN3O3. The van der Waals surface area contributed by atoms with Gasteiger partial charge in [-0.3, -0.25) is 4.79 Å². The van der Waals surface area contributed by atoms with E-state index in [1.807, 2.05) is 43.5 Å². The molecule has 0 radical (unpaired) electrons. The van der Waals surface area contributed by atoms with Crippen LogP contribution in [-0.2, 0) is 11.4 Å². The van der Waals surface area contributed by atoms with Crippen molar-refractivity contribution in [1.82, 2.24) is 14.6 Å². The zero-order valence-electron chi connectivity index (χ0n) is 19.5. The Hall–Kier alpha value is -3.52. The third kappa shape index (κ3) is 6.18. The van der Waals surface area contributed by atoms with Crippen LogP contribution in [0.3, 0.4) is 0 Å². The minimum Gasteiger partial charge on any atom is -0.489 e. The van der Waals surface area contributed by atoms with E-state index in [0.29, 0.717) is 17.8 Å². The number of ether oxygens (including phenoxy) is 2. The van der Waals surface area contributed by atoms with Gasteiger partial charge in [0.1, 0.15) is 24.4 Å². The molecule has 2 aromatic carbocycles. The van der Waals surface area contributed by atoms with Gasteiger partial charge in [0, 0.05) is 23.7 Å². The van der Waals surface area contributed by atoms with Crippen LogP contribution in [0.25, 0.3) is 16.8 Å². The number of aryl methyl sites for hydroxylation is 1. The lowest BCUT2D eigenvalue weighted by molar-refractivity contribution is -0.109. The van der Waals surface area contributed by atoms with Crippen molar-refractivity contribution in [3.05, 3.63) is 77.7 Å². The molecule has 4 aromatic rings. The minimum absolute atomic E-state index is 0.0595. The van der Waals surface area contributed by atoms with Gasteiger partial charge in [0.05, 0.1) is 5.92 Å². The van der Waals surface area contributed by atoms with Crippen LogP contribution in [0.5, 0.6) is 11.5 Å². The monoisotopic (exact) mass is 601 g/mol. The fourth-order valence-electron chi connectivity index (χ4n) is 3.93. The van der Waals surface area contributed by atoms with Gasteiger partial charge in [0.15, 0.2) is 9.44 Å². The summed E-state index contributed by atoms with van der Waals surface area (Å²) in [6.45, 7) is 0.956. The highest BCUT2D eigenvalue weighted by Gasteiger charge is 2.14. The molecule has 0 aliphatic rings. The first-order chi connectivity index (χ1) is 17.3. The van der Waals surface area contributed by atoms with Crippen molar-refractivity contribution in [2.75, 3.05) is 0 Å². The molecule has 0 saturated heterocycles. The Balaban J connectivity index is 1.56. The van der Waals surface area contributed by atoms with E-state index in [2.05, 4.69) is 26.7 Å². The molecule has 0 amide bonds. The third-order valence-electron chi connectivity index (χ3n) is 5.55. The highest BCUT2D eigenvalue weighted by atomic mass is 127. The Bertz CT molecular complexity index is 1440. The van der Waals surface area contributed by atoms with Gasteiger partial charge in [-0.1, -0.05) is 24.1 Å². The van der Waals surface area contributed by atoms with Crippen LogP contribution in [0.15, 0.2) is 61.1 Å². The molecule has 0 fully saturated rings. The number of hydrogen-bond donors (Lipinski definition) is 0. The number of pyridine rings is 1. The van der Waals surface area contributed by atoms with Crippen LogP contribution in [0.4, 0.5) is 8.78 Å². The van der Waals surface area contributed by atoms with E-state index in [-0.39, 0.29) is 22.1 Å². The van der Waals surface area contributed by atoms with Gasteiger partial charge in [-0.25, -0.2) is 9.50 Å². The number of carbonyl (C=O) groups is 1. The number of halogens is 3. The van der Waals surface area contributed by atoms with E-state index in [4.69, 9.17) is 4.74 Å². The van der Waals surface area contributed by atoms with Crippen LogP contribution in [0.2, 0.25) is 0 Å². The first kappa shape index (κ1) is 25.6. The van der Waals surface area contributed by atoms with Gasteiger partial charge in [-0.05, 0) is 83.5 Å². The summed E-state index contributed by atoms with van der Waals surface area (Å²) in [4.78, 5) is 15.9. The maximum atomic E-state index is 12.6. The molecule has 0 saturated carbocycles. The van der Waals surface area contributed by atoms with Gasteiger partial charge >= 0.3 is 6.61 Å². The predicted molar refractivity (Wildman–Crippen MR) is 140 cm³/mol. The number of alkyl halides is 2. The van der Waals surface area contributed by atoms with E-state index in [1.54, 1.807) is 46.2 Å². The average Bonchev–Trinajstić information content (AvgIpc) is 3.31. The fraction of sp³-hybridized carbons (Fsp3) is 0.222. The SMILES string of the molecule is CC#C[C@@H](CC(=O)I)c1ccc(OCc2cc(-c3ccc(OC(F)F)cc3C)cn3ncnc23)cc1. The summed E-state index contributed by atoms with van der Waals surface area (Å²) < 4.78 is 37.4. The van der Waals surface area contributed by atoms with Gasteiger partial charge in [-0.2, -0.15) is 13.9 Å². The lowest BCUT2D eigenvalue weighted by Gasteiger charge is -2.13.